The number of nitrogens with zero attached hydrogens (tertiary/aromatic N) is 2. The number of hydrogen-bond donors (Lipinski definition) is 1. The second-order valence-electron chi connectivity index (χ2n) is 8.62. The first-order valence-electron chi connectivity index (χ1n) is 10.8. The third kappa shape index (κ3) is 4.99. The number of benzene rings is 2. The van der Waals surface area contributed by atoms with Gasteiger partial charge in [0, 0.05) is 31.7 Å². The molecule has 2 aromatic carbocycles. The van der Waals surface area contributed by atoms with E-state index in [-0.39, 0.29) is 12.1 Å². The van der Waals surface area contributed by atoms with E-state index >= 15 is 0 Å². The predicted molar refractivity (Wildman–Crippen MR) is 120 cm³/mol. The maximum atomic E-state index is 13.2. The van der Waals surface area contributed by atoms with Gasteiger partial charge in [0.1, 0.15) is 0 Å². The van der Waals surface area contributed by atoms with Gasteiger partial charge in [-0.1, -0.05) is 54.1 Å². The normalized spacial score (nSPS) is 16.4. The molecule has 4 nitrogen and oxygen atoms in total. The largest absolute Gasteiger partial charge is 0.337 e. The van der Waals surface area contributed by atoms with Crippen LogP contribution < -0.4 is 5.32 Å². The highest BCUT2D eigenvalue weighted by molar-refractivity contribution is 5.76. The van der Waals surface area contributed by atoms with E-state index < -0.39 is 0 Å². The van der Waals surface area contributed by atoms with Crippen LogP contribution in [0.3, 0.4) is 0 Å². The molecule has 0 saturated carbocycles. The van der Waals surface area contributed by atoms with E-state index in [0.717, 1.165) is 19.5 Å². The molecule has 0 aromatic heterocycles. The van der Waals surface area contributed by atoms with Crippen LogP contribution in [0.15, 0.2) is 48.5 Å². The lowest BCUT2D eigenvalue weighted by Gasteiger charge is -2.38. The van der Waals surface area contributed by atoms with Gasteiger partial charge in [0.25, 0.3) is 0 Å². The van der Waals surface area contributed by atoms with Crippen molar-refractivity contribution in [1.82, 2.24) is 15.1 Å². The number of carbonyl (C=O) groups excluding carboxylic acids is 1. The van der Waals surface area contributed by atoms with Gasteiger partial charge in [-0.2, -0.15) is 0 Å². The summed E-state index contributed by atoms with van der Waals surface area (Å²) in [5, 5.41) is 3.18. The second-order valence-corrected chi connectivity index (χ2v) is 8.62. The molecule has 4 heteroatoms. The summed E-state index contributed by atoms with van der Waals surface area (Å²) in [6.45, 7) is 13.2. The zero-order valence-electron chi connectivity index (χ0n) is 18.5. The van der Waals surface area contributed by atoms with Crippen LogP contribution in [0.1, 0.15) is 56.0 Å². The van der Waals surface area contributed by atoms with Crippen molar-refractivity contribution in [3.63, 3.8) is 0 Å². The van der Waals surface area contributed by atoms with Gasteiger partial charge in [-0.25, -0.2) is 4.79 Å². The maximum absolute atomic E-state index is 13.2. The molecule has 0 bridgehead atoms. The van der Waals surface area contributed by atoms with Crippen LogP contribution in [-0.2, 0) is 6.42 Å². The van der Waals surface area contributed by atoms with Gasteiger partial charge in [-0.3, -0.25) is 4.90 Å². The number of aryl methyl sites for hydroxylation is 1. The van der Waals surface area contributed by atoms with Crippen molar-refractivity contribution in [3.8, 4) is 0 Å². The average molecular weight is 394 g/mol. The van der Waals surface area contributed by atoms with Gasteiger partial charge >= 0.3 is 6.03 Å². The Labute approximate surface area is 175 Å². The quantitative estimate of drug-likeness (QED) is 0.767. The van der Waals surface area contributed by atoms with E-state index in [0.29, 0.717) is 18.6 Å². The monoisotopic (exact) mass is 393 g/mol. The Balaban J connectivity index is 1.79. The summed E-state index contributed by atoms with van der Waals surface area (Å²) >= 11 is 0. The number of nitrogens with one attached hydrogen (secondary N) is 1. The highest BCUT2D eigenvalue weighted by Crippen LogP contribution is 2.35. The molecular formula is C25H35N3O. The van der Waals surface area contributed by atoms with Crippen LogP contribution in [0, 0.1) is 6.92 Å². The molecule has 29 heavy (non-hydrogen) atoms. The van der Waals surface area contributed by atoms with Crippen molar-refractivity contribution in [2.24, 2.45) is 0 Å². The fourth-order valence-corrected chi connectivity index (χ4v) is 4.45. The van der Waals surface area contributed by atoms with Crippen molar-refractivity contribution in [2.75, 3.05) is 19.6 Å². The van der Waals surface area contributed by atoms with Crippen LogP contribution >= 0.6 is 0 Å². The van der Waals surface area contributed by atoms with Crippen LogP contribution in [0.25, 0.3) is 0 Å². The molecule has 0 spiro atoms. The van der Waals surface area contributed by atoms with Crippen LogP contribution in [-0.4, -0.2) is 47.5 Å². The van der Waals surface area contributed by atoms with Gasteiger partial charge in [0.05, 0.1) is 6.04 Å². The molecule has 0 saturated heterocycles. The Hall–Kier alpha value is -2.33. The number of urea groups is 1. The zero-order chi connectivity index (χ0) is 21.0. The number of carbonyl (C=O) groups is 1. The first-order valence-corrected chi connectivity index (χ1v) is 10.8. The van der Waals surface area contributed by atoms with E-state index in [1.807, 2.05) is 11.0 Å². The summed E-state index contributed by atoms with van der Waals surface area (Å²) in [5.41, 5.74) is 5.00. The van der Waals surface area contributed by atoms with E-state index in [9.17, 15) is 4.79 Å². The molecule has 1 aliphatic heterocycles. The molecule has 2 aromatic rings. The summed E-state index contributed by atoms with van der Waals surface area (Å²) in [6, 6.07) is 17.9. The smallest absolute Gasteiger partial charge is 0.318 e. The van der Waals surface area contributed by atoms with Crippen LogP contribution in [0.5, 0.6) is 0 Å². The molecule has 1 atom stereocenters. The molecule has 0 fully saturated rings. The minimum Gasteiger partial charge on any atom is -0.337 e. The number of amides is 2. The van der Waals surface area contributed by atoms with Crippen LogP contribution in [0.4, 0.5) is 4.79 Å². The lowest BCUT2D eigenvalue weighted by molar-refractivity contribution is 0.162. The summed E-state index contributed by atoms with van der Waals surface area (Å²) in [4.78, 5) is 17.6. The van der Waals surface area contributed by atoms with Crippen molar-refractivity contribution >= 4 is 6.03 Å². The van der Waals surface area contributed by atoms with Gasteiger partial charge in [0.15, 0.2) is 0 Å². The second kappa shape index (κ2) is 9.45. The van der Waals surface area contributed by atoms with E-state index in [1.165, 1.54) is 22.3 Å². The van der Waals surface area contributed by atoms with Gasteiger partial charge in [-0.15, -0.1) is 0 Å². The fraction of sp³-hybridized carbons (Fsp3) is 0.480. The Morgan fingerprint density at radius 2 is 1.79 bits per heavy atom. The number of hydrogen-bond acceptors (Lipinski definition) is 2. The average Bonchev–Trinajstić information content (AvgIpc) is 2.70. The Morgan fingerprint density at radius 1 is 1.10 bits per heavy atom. The zero-order valence-corrected chi connectivity index (χ0v) is 18.5. The first kappa shape index (κ1) is 21.4. The minimum atomic E-state index is -0.0360. The Bertz CT molecular complexity index is 808. The lowest BCUT2D eigenvalue weighted by Crippen LogP contribution is -2.49. The molecular weight excluding hydrogens is 358 g/mol. The van der Waals surface area contributed by atoms with Crippen molar-refractivity contribution in [1.29, 1.82) is 0 Å². The molecule has 156 valence electrons. The highest BCUT2D eigenvalue weighted by Gasteiger charge is 2.32. The van der Waals surface area contributed by atoms with Gasteiger partial charge in [-0.05, 0) is 57.7 Å². The highest BCUT2D eigenvalue weighted by atomic mass is 16.2. The molecule has 1 aliphatic rings. The standard InChI is InChI=1S/C25H35N3O/c1-18(2)27(19(3)4)16-14-26-25(29)28-15-13-21-12-11-20(5)17-23(21)24(28)22-9-7-6-8-10-22/h6-12,17-19,24H,13-16H2,1-5H3,(H,26,29). The molecule has 3 rings (SSSR count). The molecule has 1 unspecified atom stereocenters. The van der Waals surface area contributed by atoms with Crippen molar-refractivity contribution < 1.29 is 4.79 Å². The van der Waals surface area contributed by atoms with E-state index in [4.69, 9.17) is 0 Å². The molecule has 0 aliphatic carbocycles. The number of fused-ring (bicyclic) bond motifs is 1. The lowest BCUT2D eigenvalue weighted by atomic mass is 9.87. The summed E-state index contributed by atoms with van der Waals surface area (Å²) in [5.74, 6) is 0. The predicted octanol–water partition coefficient (Wildman–Crippen LogP) is 4.77. The molecule has 2 amide bonds. The van der Waals surface area contributed by atoms with Gasteiger partial charge < -0.3 is 10.2 Å². The fourth-order valence-electron chi connectivity index (χ4n) is 4.45. The van der Waals surface area contributed by atoms with E-state index in [2.05, 4.69) is 87.3 Å². The molecule has 0 radical (unpaired) electrons. The van der Waals surface area contributed by atoms with Crippen molar-refractivity contribution in [3.05, 3.63) is 70.8 Å². The minimum absolute atomic E-state index is 0.0264. The number of rotatable bonds is 6. The molecule has 1 N–H and O–H groups in total. The Morgan fingerprint density at radius 3 is 2.45 bits per heavy atom. The maximum Gasteiger partial charge on any atom is 0.318 e. The molecule has 1 heterocycles. The summed E-state index contributed by atoms with van der Waals surface area (Å²) < 4.78 is 0. The SMILES string of the molecule is Cc1ccc2c(c1)C(c1ccccc1)N(C(=O)NCCN(C(C)C)C(C)C)CC2. The first-order chi connectivity index (χ1) is 13.9. The topological polar surface area (TPSA) is 35.6 Å². The third-order valence-electron chi connectivity index (χ3n) is 5.88. The van der Waals surface area contributed by atoms with Crippen molar-refractivity contribution in [2.45, 2.75) is 59.2 Å². The Kier molecular flexibility index (Phi) is 6.96. The summed E-state index contributed by atoms with van der Waals surface area (Å²) in [7, 11) is 0. The summed E-state index contributed by atoms with van der Waals surface area (Å²) in [6.07, 6.45) is 0.899. The van der Waals surface area contributed by atoms with E-state index in [1.54, 1.807) is 0 Å². The third-order valence-corrected chi connectivity index (χ3v) is 5.88. The van der Waals surface area contributed by atoms with Crippen LogP contribution in [0.2, 0.25) is 0 Å². The van der Waals surface area contributed by atoms with Gasteiger partial charge in [0.2, 0.25) is 0 Å².